The molecule has 0 spiro atoms. The Kier molecular flexibility index (Phi) is 3.98. The number of methoxy groups -OCH3 is 1. The predicted molar refractivity (Wildman–Crippen MR) is 88.0 cm³/mol. The van der Waals surface area contributed by atoms with Gasteiger partial charge in [-0.1, -0.05) is 12.1 Å². The number of nitrogens with zero attached hydrogens (tertiary/aromatic N) is 2. The molecule has 3 rings (SSSR count). The maximum absolute atomic E-state index is 12.4. The number of halogens is 1. The van der Waals surface area contributed by atoms with Crippen LogP contribution in [0.4, 0.5) is 5.69 Å². The van der Waals surface area contributed by atoms with Crippen LogP contribution in [0.3, 0.4) is 0 Å². The Hall–Kier alpha value is -2.87. The largest absolute Gasteiger partial charge is 0.491 e. The molecule has 1 aliphatic carbocycles. The molecule has 24 heavy (non-hydrogen) atoms. The molecule has 8 heteroatoms. The number of fused-ring (bicyclic) bond motifs is 1. The van der Waals surface area contributed by atoms with Crippen LogP contribution in [0.5, 0.6) is 0 Å². The number of aromatic nitrogens is 1. The quantitative estimate of drug-likeness (QED) is 0.590. The Bertz CT molecular complexity index is 936. The zero-order valence-electron chi connectivity index (χ0n) is 12.3. The van der Waals surface area contributed by atoms with Gasteiger partial charge in [0.15, 0.2) is 5.76 Å². The van der Waals surface area contributed by atoms with Crippen molar-refractivity contribution in [3.05, 3.63) is 68.0 Å². The summed E-state index contributed by atoms with van der Waals surface area (Å²) in [6, 6.07) is 8.95. The van der Waals surface area contributed by atoms with Gasteiger partial charge in [0.2, 0.25) is 11.6 Å². The molecular weight excluding hydrogens is 380 g/mol. The maximum Gasteiger partial charge on any atom is 0.278 e. The first-order chi connectivity index (χ1) is 11.5. The smallest absolute Gasteiger partial charge is 0.278 e. The van der Waals surface area contributed by atoms with E-state index in [2.05, 4.69) is 20.9 Å². The van der Waals surface area contributed by atoms with E-state index in [4.69, 9.17) is 4.74 Å². The lowest BCUT2D eigenvalue weighted by atomic mass is 9.96. The van der Waals surface area contributed by atoms with Crippen molar-refractivity contribution in [2.45, 2.75) is 0 Å². The van der Waals surface area contributed by atoms with Gasteiger partial charge in [-0.3, -0.25) is 19.7 Å². The molecule has 0 radical (unpaired) electrons. The number of ether oxygens (including phenoxy) is 1. The van der Waals surface area contributed by atoms with Crippen molar-refractivity contribution < 1.29 is 19.2 Å². The zero-order chi connectivity index (χ0) is 17.4. The molecule has 0 atom stereocenters. The van der Waals surface area contributed by atoms with E-state index in [0.29, 0.717) is 0 Å². The first-order valence-electron chi connectivity index (χ1n) is 6.73. The standard InChI is InChI=1S/C16H9BrN2O5/c1-24-16-12(17)15(21)13-9(14(16)20)6-7-10(18-13)8-4-2-3-5-11(8)19(22)23/h2-7H,1H3. The number of hydrogen-bond acceptors (Lipinski definition) is 6. The van der Waals surface area contributed by atoms with Gasteiger partial charge in [-0.05, 0) is 34.1 Å². The summed E-state index contributed by atoms with van der Waals surface area (Å²) in [6.45, 7) is 0. The highest BCUT2D eigenvalue weighted by atomic mass is 79.9. The maximum atomic E-state index is 12.4. The van der Waals surface area contributed by atoms with Crippen LogP contribution < -0.4 is 0 Å². The highest BCUT2D eigenvalue weighted by molar-refractivity contribution is 9.12. The van der Waals surface area contributed by atoms with Crippen molar-refractivity contribution in [3.8, 4) is 11.3 Å². The molecule has 1 aromatic carbocycles. The third kappa shape index (κ3) is 2.41. The van der Waals surface area contributed by atoms with Crippen LogP contribution >= 0.6 is 15.9 Å². The van der Waals surface area contributed by atoms with Crippen molar-refractivity contribution in [3.63, 3.8) is 0 Å². The van der Waals surface area contributed by atoms with E-state index in [1.807, 2.05) is 0 Å². The molecule has 1 aliphatic rings. The van der Waals surface area contributed by atoms with E-state index in [0.717, 1.165) is 0 Å². The number of hydrogen-bond donors (Lipinski definition) is 0. The minimum absolute atomic E-state index is 0.0188. The second-order valence-electron chi connectivity index (χ2n) is 4.87. The van der Waals surface area contributed by atoms with Crippen LogP contribution in [0, 0.1) is 10.1 Å². The third-order valence-electron chi connectivity index (χ3n) is 3.54. The summed E-state index contributed by atoms with van der Waals surface area (Å²) in [5.41, 5.74) is 0.406. The van der Waals surface area contributed by atoms with Gasteiger partial charge >= 0.3 is 0 Å². The monoisotopic (exact) mass is 388 g/mol. The summed E-state index contributed by atoms with van der Waals surface area (Å²) in [7, 11) is 1.29. The fraction of sp³-hybridized carbons (Fsp3) is 0.0625. The molecule has 0 fully saturated rings. The number of pyridine rings is 1. The van der Waals surface area contributed by atoms with Gasteiger partial charge in [-0.2, -0.15) is 0 Å². The SMILES string of the molecule is COC1=C(Br)C(=O)c2nc(-c3ccccc3[N+](=O)[O-])ccc2C1=O. The molecule has 1 aromatic heterocycles. The second-order valence-corrected chi connectivity index (χ2v) is 5.67. The lowest BCUT2D eigenvalue weighted by molar-refractivity contribution is -0.384. The van der Waals surface area contributed by atoms with E-state index in [9.17, 15) is 19.7 Å². The van der Waals surface area contributed by atoms with Crippen LogP contribution in [0.15, 0.2) is 46.6 Å². The second kappa shape index (κ2) is 5.97. The van der Waals surface area contributed by atoms with Crippen LogP contribution in [-0.4, -0.2) is 28.6 Å². The van der Waals surface area contributed by atoms with Gasteiger partial charge in [0.1, 0.15) is 10.2 Å². The average Bonchev–Trinajstić information content (AvgIpc) is 2.60. The molecule has 0 saturated heterocycles. The van der Waals surface area contributed by atoms with Gasteiger partial charge in [0, 0.05) is 6.07 Å². The Morgan fingerprint density at radius 3 is 2.46 bits per heavy atom. The fourth-order valence-corrected chi connectivity index (χ4v) is 2.96. The molecule has 0 amide bonds. The Balaban J connectivity index is 2.19. The molecule has 0 saturated carbocycles. The van der Waals surface area contributed by atoms with E-state index >= 15 is 0 Å². The number of ketones is 2. The van der Waals surface area contributed by atoms with E-state index in [-0.39, 0.29) is 38.4 Å². The highest BCUT2D eigenvalue weighted by Gasteiger charge is 2.34. The number of para-hydroxylation sites is 1. The Morgan fingerprint density at radius 1 is 1.08 bits per heavy atom. The molecule has 0 aliphatic heterocycles. The minimum Gasteiger partial charge on any atom is -0.491 e. The minimum atomic E-state index is -0.526. The molecule has 2 aromatic rings. The highest BCUT2D eigenvalue weighted by Crippen LogP contribution is 2.33. The van der Waals surface area contributed by atoms with E-state index in [1.54, 1.807) is 12.1 Å². The number of nitro groups is 1. The molecule has 120 valence electrons. The number of carbonyl (C=O) groups is 2. The number of allylic oxidation sites excluding steroid dienone is 2. The van der Waals surface area contributed by atoms with Gasteiger partial charge in [0.05, 0.1) is 28.9 Å². The molecular formula is C16H9BrN2O5. The number of Topliss-reactive ketones (excluding diaryl/α,β-unsaturated/α-hetero) is 2. The van der Waals surface area contributed by atoms with Crippen molar-refractivity contribution in [1.29, 1.82) is 0 Å². The Labute approximate surface area is 144 Å². The fourth-order valence-electron chi connectivity index (χ4n) is 2.43. The topological polar surface area (TPSA) is 99.4 Å². The van der Waals surface area contributed by atoms with Crippen molar-refractivity contribution >= 4 is 33.2 Å². The number of nitro benzene ring substituents is 1. The normalized spacial score (nSPS) is 13.8. The van der Waals surface area contributed by atoms with Crippen LogP contribution in [0.2, 0.25) is 0 Å². The van der Waals surface area contributed by atoms with Crippen LogP contribution in [0.1, 0.15) is 20.8 Å². The van der Waals surface area contributed by atoms with Gasteiger partial charge in [-0.25, -0.2) is 4.98 Å². The molecule has 1 heterocycles. The van der Waals surface area contributed by atoms with E-state index in [1.165, 1.54) is 31.4 Å². The number of rotatable bonds is 3. The molecule has 0 unspecified atom stereocenters. The predicted octanol–water partition coefficient (Wildman–Crippen LogP) is 3.29. The van der Waals surface area contributed by atoms with Gasteiger partial charge < -0.3 is 4.74 Å². The number of carbonyl (C=O) groups excluding carboxylic acids is 2. The van der Waals surface area contributed by atoms with Gasteiger partial charge in [0.25, 0.3) is 5.69 Å². The summed E-state index contributed by atoms with van der Waals surface area (Å²) >= 11 is 3.05. The Morgan fingerprint density at radius 2 is 1.79 bits per heavy atom. The lowest BCUT2D eigenvalue weighted by Crippen LogP contribution is -2.22. The molecule has 0 N–H and O–H groups in total. The lowest BCUT2D eigenvalue weighted by Gasteiger charge is -2.16. The summed E-state index contributed by atoms with van der Waals surface area (Å²) in [6.07, 6.45) is 0. The zero-order valence-corrected chi connectivity index (χ0v) is 13.9. The summed E-state index contributed by atoms with van der Waals surface area (Å²) < 4.78 is 4.93. The molecule has 0 bridgehead atoms. The van der Waals surface area contributed by atoms with Crippen molar-refractivity contribution in [2.24, 2.45) is 0 Å². The van der Waals surface area contributed by atoms with Crippen LogP contribution in [0.25, 0.3) is 11.3 Å². The van der Waals surface area contributed by atoms with Crippen LogP contribution in [-0.2, 0) is 4.74 Å². The van der Waals surface area contributed by atoms with Gasteiger partial charge in [-0.15, -0.1) is 0 Å². The van der Waals surface area contributed by atoms with Crippen molar-refractivity contribution in [1.82, 2.24) is 4.98 Å². The van der Waals surface area contributed by atoms with Crippen molar-refractivity contribution in [2.75, 3.05) is 7.11 Å². The van der Waals surface area contributed by atoms with E-state index < -0.39 is 16.5 Å². The molecule has 7 nitrogen and oxygen atoms in total. The first-order valence-corrected chi connectivity index (χ1v) is 7.53. The average molecular weight is 389 g/mol. The number of benzene rings is 1. The third-order valence-corrected chi connectivity index (χ3v) is 4.26. The summed E-state index contributed by atoms with van der Waals surface area (Å²) in [4.78, 5) is 39.5. The summed E-state index contributed by atoms with van der Waals surface area (Å²) in [5.74, 6) is -1.07. The summed E-state index contributed by atoms with van der Waals surface area (Å²) in [5, 5.41) is 11.2. The first kappa shape index (κ1) is 16.0.